The van der Waals surface area contributed by atoms with E-state index in [0.717, 1.165) is 5.56 Å². The van der Waals surface area contributed by atoms with E-state index >= 15 is 0 Å². The Morgan fingerprint density at radius 2 is 2.31 bits per heavy atom. The first-order valence-corrected chi connectivity index (χ1v) is 5.16. The minimum absolute atomic E-state index is 0.191. The third-order valence-electron chi connectivity index (χ3n) is 1.72. The summed E-state index contributed by atoms with van der Waals surface area (Å²) in [5, 5.41) is 3.74. The van der Waals surface area contributed by atoms with Gasteiger partial charge in [0.05, 0.1) is 18.7 Å². The van der Waals surface area contributed by atoms with Crippen molar-refractivity contribution in [1.29, 1.82) is 0 Å². The molecule has 0 aliphatic heterocycles. The second-order valence-electron chi connectivity index (χ2n) is 2.86. The molecule has 2 heterocycles. The summed E-state index contributed by atoms with van der Waals surface area (Å²) in [5.41, 5.74) is 3.09. The van der Waals surface area contributed by atoms with Crippen LogP contribution in [0.5, 0.6) is 0 Å². The Labute approximate surface area is 99.3 Å². The number of nitrogens with zero attached hydrogens (tertiary/aromatic N) is 1. The van der Waals surface area contributed by atoms with Gasteiger partial charge >= 0.3 is 5.91 Å². The number of carbonyl (C=O) groups excluding carboxylic acids is 1. The number of hydrazone groups is 1. The van der Waals surface area contributed by atoms with E-state index in [0.29, 0.717) is 4.67 Å². The summed E-state index contributed by atoms with van der Waals surface area (Å²) < 4.78 is 10.4. The molecule has 6 heteroatoms. The van der Waals surface area contributed by atoms with Gasteiger partial charge in [0.25, 0.3) is 0 Å². The van der Waals surface area contributed by atoms with Crippen LogP contribution in [0.4, 0.5) is 0 Å². The van der Waals surface area contributed by atoms with Crippen molar-refractivity contribution in [3.05, 3.63) is 46.7 Å². The molecule has 0 aromatic carbocycles. The fourth-order valence-corrected chi connectivity index (χ4v) is 1.31. The zero-order chi connectivity index (χ0) is 11.4. The molecular formula is C10H7BrN2O3. The molecule has 5 nitrogen and oxygen atoms in total. The van der Waals surface area contributed by atoms with Crippen LogP contribution in [0.3, 0.4) is 0 Å². The lowest BCUT2D eigenvalue weighted by Crippen LogP contribution is -2.16. The molecule has 1 N–H and O–H groups in total. The normalized spacial score (nSPS) is 10.8. The molecule has 0 aliphatic rings. The second kappa shape index (κ2) is 4.80. The number of hydrogen-bond donors (Lipinski definition) is 1. The molecule has 0 bridgehead atoms. The molecule has 0 aliphatic carbocycles. The maximum Gasteiger partial charge on any atom is 0.307 e. The van der Waals surface area contributed by atoms with Crippen molar-refractivity contribution in [2.75, 3.05) is 0 Å². The topological polar surface area (TPSA) is 67.7 Å². The Kier molecular flexibility index (Phi) is 3.21. The molecule has 1 amide bonds. The lowest BCUT2D eigenvalue weighted by molar-refractivity contribution is 0.0926. The fraction of sp³-hybridized carbons (Fsp3) is 0. The molecular weight excluding hydrogens is 276 g/mol. The maximum atomic E-state index is 11.4. The largest absolute Gasteiger partial charge is 0.472 e. The average molecular weight is 283 g/mol. The van der Waals surface area contributed by atoms with Crippen molar-refractivity contribution in [2.24, 2.45) is 5.10 Å². The van der Waals surface area contributed by atoms with E-state index in [2.05, 4.69) is 26.5 Å². The maximum absolute atomic E-state index is 11.4. The van der Waals surface area contributed by atoms with E-state index in [4.69, 9.17) is 8.83 Å². The second-order valence-corrected chi connectivity index (χ2v) is 3.64. The Morgan fingerprint density at radius 1 is 1.44 bits per heavy atom. The van der Waals surface area contributed by atoms with Crippen molar-refractivity contribution < 1.29 is 13.6 Å². The summed E-state index contributed by atoms with van der Waals surface area (Å²) in [6.07, 6.45) is 4.51. The molecule has 0 spiro atoms. The number of hydrogen-bond acceptors (Lipinski definition) is 4. The van der Waals surface area contributed by atoms with Gasteiger partial charge in [-0.3, -0.25) is 4.79 Å². The number of amides is 1. The van der Waals surface area contributed by atoms with E-state index in [1.807, 2.05) is 0 Å². The molecule has 0 radical (unpaired) electrons. The van der Waals surface area contributed by atoms with Gasteiger partial charge in [0.1, 0.15) is 0 Å². The predicted octanol–water partition coefficient (Wildman–Crippen LogP) is 2.40. The quantitative estimate of drug-likeness (QED) is 0.694. The van der Waals surface area contributed by atoms with Gasteiger partial charge in [-0.15, -0.1) is 0 Å². The van der Waals surface area contributed by atoms with Crippen molar-refractivity contribution >= 4 is 28.1 Å². The van der Waals surface area contributed by atoms with Crippen LogP contribution in [0, 0.1) is 0 Å². The number of rotatable bonds is 3. The summed E-state index contributed by atoms with van der Waals surface area (Å²) in [5.74, 6) is -0.221. The van der Waals surface area contributed by atoms with Gasteiger partial charge in [-0.25, -0.2) is 5.43 Å². The van der Waals surface area contributed by atoms with Crippen LogP contribution in [0.15, 0.2) is 49.3 Å². The zero-order valence-electron chi connectivity index (χ0n) is 8.01. The number of carbonyl (C=O) groups is 1. The Balaban J connectivity index is 1.94. The van der Waals surface area contributed by atoms with Crippen LogP contribution in [0.2, 0.25) is 0 Å². The van der Waals surface area contributed by atoms with E-state index in [-0.39, 0.29) is 5.76 Å². The zero-order valence-corrected chi connectivity index (χ0v) is 9.60. The van der Waals surface area contributed by atoms with Gasteiger partial charge in [0.15, 0.2) is 10.4 Å². The van der Waals surface area contributed by atoms with Gasteiger partial charge in [0, 0.05) is 5.56 Å². The average Bonchev–Trinajstić information content (AvgIpc) is 2.89. The van der Waals surface area contributed by atoms with Gasteiger partial charge < -0.3 is 8.83 Å². The fourth-order valence-electron chi connectivity index (χ4n) is 1.01. The summed E-state index contributed by atoms with van der Waals surface area (Å²) in [6, 6.07) is 4.90. The Hall–Kier alpha value is -1.82. The van der Waals surface area contributed by atoms with E-state index in [9.17, 15) is 4.79 Å². The third kappa shape index (κ3) is 2.60. The highest BCUT2D eigenvalue weighted by Gasteiger charge is 2.08. The lowest BCUT2D eigenvalue weighted by Gasteiger charge is -1.93. The van der Waals surface area contributed by atoms with Crippen LogP contribution in [0.1, 0.15) is 16.1 Å². The molecule has 0 saturated heterocycles. The van der Waals surface area contributed by atoms with Gasteiger partial charge in [-0.05, 0) is 34.1 Å². The van der Waals surface area contributed by atoms with Crippen LogP contribution in [0.25, 0.3) is 0 Å². The predicted molar refractivity (Wildman–Crippen MR) is 60.2 cm³/mol. The summed E-state index contributed by atoms with van der Waals surface area (Å²) >= 11 is 3.10. The molecule has 2 aromatic rings. The standard InChI is InChI=1S/C10H7BrN2O3/c11-9-2-1-8(16-9)10(14)13-12-5-7-3-4-15-6-7/h1-6H,(H,13,14). The van der Waals surface area contributed by atoms with Gasteiger partial charge in [-0.1, -0.05) is 0 Å². The van der Waals surface area contributed by atoms with E-state index in [1.54, 1.807) is 18.2 Å². The molecule has 82 valence electrons. The number of nitrogens with one attached hydrogen (secondary N) is 1. The van der Waals surface area contributed by atoms with Crippen molar-refractivity contribution in [2.45, 2.75) is 0 Å². The highest BCUT2D eigenvalue weighted by atomic mass is 79.9. The van der Waals surface area contributed by atoms with E-state index < -0.39 is 5.91 Å². The summed E-state index contributed by atoms with van der Waals surface area (Å²) in [7, 11) is 0. The molecule has 2 rings (SSSR count). The molecule has 0 saturated carbocycles. The van der Waals surface area contributed by atoms with Crippen LogP contribution < -0.4 is 5.43 Å². The first-order chi connectivity index (χ1) is 7.75. The van der Waals surface area contributed by atoms with Gasteiger partial charge in [0.2, 0.25) is 0 Å². The molecule has 16 heavy (non-hydrogen) atoms. The minimum Gasteiger partial charge on any atom is -0.472 e. The first-order valence-electron chi connectivity index (χ1n) is 4.36. The van der Waals surface area contributed by atoms with Crippen LogP contribution >= 0.6 is 15.9 Å². The van der Waals surface area contributed by atoms with E-state index in [1.165, 1.54) is 18.7 Å². The number of furan rings is 2. The Morgan fingerprint density at radius 3 is 2.94 bits per heavy atom. The van der Waals surface area contributed by atoms with Crippen molar-refractivity contribution in [3.63, 3.8) is 0 Å². The summed E-state index contributed by atoms with van der Waals surface area (Å²) in [6.45, 7) is 0. The van der Waals surface area contributed by atoms with Gasteiger partial charge in [-0.2, -0.15) is 5.10 Å². The van der Waals surface area contributed by atoms with Crippen molar-refractivity contribution in [3.8, 4) is 0 Å². The Bertz CT molecular complexity index is 502. The smallest absolute Gasteiger partial charge is 0.307 e. The highest BCUT2D eigenvalue weighted by molar-refractivity contribution is 9.10. The minimum atomic E-state index is -0.412. The summed E-state index contributed by atoms with van der Waals surface area (Å²) in [4.78, 5) is 11.4. The molecule has 0 unspecified atom stereocenters. The lowest BCUT2D eigenvalue weighted by atomic mass is 10.4. The number of halogens is 1. The highest BCUT2D eigenvalue weighted by Crippen LogP contribution is 2.13. The first kappa shape index (κ1) is 10.7. The molecule has 0 atom stereocenters. The third-order valence-corrected chi connectivity index (χ3v) is 2.15. The molecule has 2 aromatic heterocycles. The van der Waals surface area contributed by atoms with Crippen LogP contribution in [-0.4, -0.2) is 12.1 Å². The van der Waals surface area contributed by atoms with Crippen molar-refractivity contribution in [1.82, 2.24) is 5.43 Å². The van der Waals surface area contributed by atoms with Crippen LogP contribution in [-0.2, 0) is 0 Å². The monoisotopic (exact) mass is 282 g/mol. The SMILES string of the molecule is O=C(NN=Cc1ccoc1)c1ccc(Br)o1. The molecule has 0 fully saturated rings.